The summed E-state index contributed by atoms with van der Waals surface area (Å²) in [6, 6.07) is 6.46. The third-order valence-electron chi connectivity index (χ3n) is 3.24. The van der Waals surface area contributed by atoms with Crippen molar-refractivity contribution in [3.63, 3.8) is 0 Å². The molecule has 0 radical (unpaired) electrons. The summed E-state index contributed by atoms with van der Waals surface area (Å²) in [4.78, 5) is 7.97. The molecule has 2 aromatic rings. The first-order valence-corrected chi connectivity index (χ1v) is 6.31. The molecule has 0 aliphatic heterocycles. The van der Waals surface area contributed by atoms with Gasteiger partial charge in [0, 0.05) is 5.92 Å². The summed E-state index contributed by atoms with van der Waals surface area (Å²) in [6.45, 7) is 7.25. The molecule has 3 nitrogen and oxygen atoms in total. The maximum atomic E-state index is 5.60. The van der Waals surface area contributed by atoms with Crippen LogP contribution in [0.25, 0.3) is 11.0 Å². The quantitative estimate of drug-likeness (QED) is 0.849. The van der Waals surface area contributed by atoms with Gasteiger partial charge in [-0.2, -0.15) is 0 Å². The molecule has 0 saturated heterocycles. The molecule has 1 unspecified atom stereocenters. The predicted octanol–water partition coefficient (Wildman–Crippen LogP) is 3.14. The average Bonchev–Trinajstić information content (AvgIpc) is 2.71. The van der Waals surface area contributed by atoms with E-state index >= 15 is 0 Å². The summed E-state index contributed by atoms with van der Waals surface area (Å²) >= 11 is 0. The SMILES string of the molecule is CC(C)c1nc2ccc(C(C)CCN)cc2[nH]1. The minimum atomic E-state index is 0.437. The summed E-state index contributed by atoms with van der Waals surface area (Å²) < 4.78 is 0. The van der Waals surface area contributed by atoms with Gasteiger partial charge in [0.15, 0.2) is 0 Å². The highest BCUT2D eigenvalue weighted by Gasteiger charge is 2.09. The van der Waals surface area contributed by atoms with Crippen molar-refractivity contribution in [1.82, 2.24) is 9.97 Å². The maximum absolute atomic E-state index is 5.60. The molecule has 1 atom stereocenters. The van der Waals surface area contributed by atoms with Crippen LogP contribution in [0.3, 0.4) is 0 Å². The largest absolute Gasteiger partial charge is 0.342 e. The molecule has 0 spiro atoms. The van der Waals surface area contributed by atoms with E-state index in [2.05, 4.69) is 48.9 Å². The van der Waals surface area contributed by atoms with Gasteiger partial charge in [0.1, 0.15) is 5.82 Å². The topological polar surface area (TPSA) is 54.7 Å². The van der Waals surface area contributed by atoms with Crippen LogP contribution in [0.1, 0.15) is 50.4 Å². The van der Waals surface area contributed by atoms with E-state index in [1.54, 1.807) is 0 Å². The fourth-order valence-corrected chi connectivity index (χ4v) is 2.04. The van der Waals surface area contributed by atoms with Crippen molar-refractivity contribution >= 4 is 11.0 Å². The standard InChI is InChI=1S/C14H21N3/c1-9(2)14-16-12-5-4-11(8-13(12)17-14)10(3)6-7-15/h4-5,8-10H,6-7,15H2,1-3H3,(H,16,17). The van der Waals surface area contributed by atoms with E-state index in [0.29, 0.717) is 11.8 Å². The Kier molecular flexibility index (Phi) is 3.48. The molecule has 0 aliphatic carbocycles. The van der Waals surface area contributed by atoms with Crippen molar-refractivity contribution in [3.8, 4) is 0 Å². The van der Waals surface area contributed by atoms with Gasteiger partial charge in [0.05, 0.1) is 11.0 Å². The molecule has 92 valence electrons. The van der Waals surface area contributed by atoms with Crippen LogP contribution in [0.4, 0.5) is 0 Å². The van der Waals surface area contributed by atoms with E-state index in [-0.39, 0.29) is 0 Å². The van der Waals surface area contributed by atoms with Crippen LogP contribution in [0.2, 0.25) is 0 Å². The lowest BCUT2D eigenvalue weighted by Gasteiger charge is -2.09. The van der Waals surface area contributed by atoms with Crippen LogP contribution in [0.15, 0.2) is 18.2 Å². The fourth-order valence-electron chi connectivity index (χ4n) is 2.04. The van der Waals surface area contributed by atoms with E-state index < -0.39 is 0 Å². The number of hydrogen-bond acceptors (Lipinski definition) is 2. The molecule has 3 heteroatoms. The Bertz CT molecular complexity index is 499. The molecule has 3 N–H and O–H groups in total. The number of imidazole rings is 1. The third kappa shape index (κ3) is 2.50. The fraction of sp³-hybridized carbons (Fsp3) is 0.500. The van der Waals surface area contributed by atoms with Crippen molar-refractivity contribution in [3.05, 3.63) is 29.6 Å². The molecule has 0 aliphatic rings. The molecule has 1 aromatic carbocycles. The number of fused-ring (bicyclic) bond motifs is 1. The van der Waals surface area contributed by atoms with Crippen LogP contribution >= 0.6 is 0 Å². The van der Waals surface area contributed by atoms with E-state index in [0.717, 1.165) is 29.8 Å². The van der Waals surface area contributed by atoms with Crippen LogP contribution < -0.4 is 5.73 Å². The van der Waals surface area contributed by atoms with Gasteiger partial charge in [-0.05, 0) is 36.6 Å². The number of rotatable bonds is 4. The molecule has 0 bridgehead atoms. The van der Waals surface area contributed by atoms with Crippen LogP contribution in [-0.4, -0.2) is 16.5 Å². The van der Waals surface area contributed by atoms with Gasteiger partial charge >= 0.3 is 0 Å². The number of hydrogen-bond donors (Lipinski definition) is 2. The van der Waals surface area contributed by atoms with Gasteiger partial charge in [-0.1, -0.05) is 26.8 Å². The van der Waals surface area contributed by atoms with Gasteiger partial charge in [0.2, 0.25) is 0 Å². The highest BCUT2D eigenvalue weighted by atomic mass is 14.9. The summed E-state index contributed by atoms with van der Waals surface area (Å²) in [7, 11) is 0. The summed E-state index contributed by atoms with van der Waals surface area (Å²) in [5.74, 6) is 2.01. The smallest absolute Gasteiger partial charge is 0.109 e. The number of nitrogens with two attached hydrogens (primary N) is 1. The minimum Gasteiger partial charge on any atom is -0.342 e. The Morgan fingerprint density at radius 3 is 2.71 bits per heavy atom. The Balaban J connectivity index is 2.36. The molecular formula is C14H21N3. The van der Waals surface area contributed by atoms with Crippen molar-refractivity contribution in [2.45, 2.75) is 39.0 Å². The first-order chi connectivity index (χ1) is 8.11. The zero-order valence-corrected chi connectivity index (χ0v) is 10.8. The Labute approximate surface area is 102 Å². The summed E-state index contributed by atoms with van der Waals surface area (Å²) in [5.41, 5.74) is 9.13. The lowest BCUT2D eigenvalue weighted by atomic mass is 9.97. The van der Waals surface area contributed by atoms with Gasteiger partial charge in [-0.3, -0.25) is 0 Å². The van der Waals surface area contributed by atoms with Crippen molar-refractivity contribution in [2.75, 3.05) is 6.54 Å². The Hall–Kier alpha value is -1.35. The minimum absolute atomic E-state index is 0.437. The molecule has 0 fully saturated rings. The second kappa shape index (κ2) is 4.88. The summed E-state index contributed by atoms with van der Waals surface area (Å²) in [5, 5.41) is 0. The highest BCUT2D eigenvalue weighted by molar-refractivity contribution is 5.76. The van der Waals surface area contributed by atoms with Crippen LogP contribution in [-0.2, 0) is 0 Å². The van der Waals surface area contributed by atoms with Crippen LogP contribution in [0.5, 0.6) is 0 Å². The van der Waals surface area contributed by atoms with Gasteiger partial charge in [0.25, 0.3) is 0 Å². The molecule has 1 heterocycles. The van der Waals surface area contributed by atoms with Crippen molar-refractivity contribution < 1.29 is 0 Å². The number of benzene rings is 1. The molecule has 17 heavy (non-hydrogen) atoms. The second-order valence-electron chi connectivity index (χ2n) is 5.03. The molecular weight excluding hydrogens is 210 g/mol. The van der Waals surface area contributed by atoms with Crippen molar-refractivity contribution in [1.29, 1.82) is 0 Å². The number of aromatic amines is 1. The number of nitrogens with zero attached hydrogens (tertiary/aromatic N) is 1. The van der Waals surface area contributed by atoms with Crippen LogP contribution in [0, 0.1) is 0 Å². The van der Waals surface area contributed by atoms with Crippen molar-refractivity contribution in [2.24, 2.45) is 5.73 Å². The van der Waals surface area contributed by atoms with Gasteiger partial charge in [-0.15, -0.1) is 0 Å². The monoisotopic (exact) mass is 231 g/mol. The third-order valence-corrected chi connectivity index (χ3v) is 3.24. The van der Waals surface area contributed by atoms with E-state index in [9.17, 15) is 0 Å². The van der Waals surface area contributed by atoms with E-state index in [4.69, 9.17) is 5.73 Å². The summed E-state index contributed by atoms with van der Waals surface area (Å²) in [6.07, 6.45) is 1.02. The molecule has 1 aromatic heterocycles. The molecule has 2 rings (SSSR count). The predicted molar refractivity (Wildman–Crippen MR) is 72.3 cm³/mol. The lowest BCUT2D eigenvalue weighted by molar-refractivity contribution is 0.691. The molecule has 0 amide bonds. The zero-order valence-electron chi connectivity index (χ0n) is 10.8. The highest BCUT2D eigenvalue weighted by Crippen LogP contribution is 2.23. The van der Waals surface area contributed by atoms with E-state index in [1.807, 2.05) is 0 Å². The second-order valence-corrected chi connectivity index (χ2v) is 5.03. The van der Waals surface area contributed by atoms with E-state index in [1.165, 1.54) is 5.56 Å². The lowest BCUT2D eigenvalue weighted by Crippen LogP contribution is -2.04. The molecule has 0 saturated carbocycles. The Morgan fingerprint density at radius 1 is 1.29 bits per heavy atom. The van der Waals surface area contributed by atoms with Gasteiger partial charge < -0.3 is 10.7 Å². The zero-order chi connectivity index (χ0) is 12.4. The average molecular weight is 231 g/mol. The number of H-pyrrole nitrogens is 1. The van der Waals surface area contributed by atoms with Gasteiger partial charge in [-0.25, -0.2) is 4.98 Å². The number of nitrogens with one attached hydrogen (secondary N) is 1. The number of aromatic nitrogens is 2. The Morgan fingerprint density at radius 2 is 2.06 bits per heavy atom. The maximum Gasteiger partial charge on any atom is 0.109 e. The first-order valence-electron chi connectivity index (χ1n) is 6.31. The normalized spacial score (nSPS) is 13.5. The first kappa shape index (κ1) is 12.1.